The highest BCUT2D eigenvalue weighted by atomic mass is 32.2. The van der Waals surface area contributed by atoms with E-state index in [0.717, 1.165) is 16.9 Å². The van der Waals surface area contributed by atoms with Crippen molar-refractivity contribution in [3.8, 4) is 5.75 Å². The Morgan fingerprint density at radius 2 is 1.62 bits per heavy atom. The fraction of sp³-hybridized carbons (Fsp3) is 0.316. The first-order valence-electron chi connectivity index (χ1n) is 8.27. The van der Waals surface area contributed by atoms with Gasteiger partial charge in [0.25, 0.3) is 0 Å². The first kappa shape index (κ1) is 19.9. The largest absolute Gasteiger partial charge is 0.492 e. The average Bonchev–Trinajstić information content (AvgIpc) is 2.56. The molecule has 0 saturated heterocycles. The van der Waals surface area contributed by atoms with E-state index in [9.17, 15) is 13.2 Å². The van der Waals surface area contributed by atoms with E-state index in [1.165, 1.54) is 24.6 Å². The molecule has 2 rings (SSSR count). The van der Waals surface area contributed by atoms with Gasteiger partial charge in [-0.15, -0.1) is 0 Å². The monoisotopic (exact) mass is 376 g/mol. The van der Waals surface area contributed by atoms with Crippen LogP contribution in [-0.2, 0) is 14.8 Å². The zero-order valence-corrected chi connectivity index (χ0v) is 16.2. The molecule has 2 aromatic carbocycles. The summed E-state index contributed by atoms with van der Waals surface area (Å²) in [4.78, 5) is 11.1. The number of amides is 1. The van der Waals surface area contributed by atoms with E-state index >= 15 is 0 Å². The second kappa shape index (κ2) is 8.33. The normalized spacial score (nSPS) is 11.2. The third kappa shape index (κ3) is 5.31. The van der Waals surface area contributed by atoms with Crippen LogP contribution in [0, 0.1) is 20.8 Å². The molecule has 1 amide bonds. The Morgan fingerprint density at radius 3 is 2.23 bits per heavy atom. The van der Waals surface area contributed by atoms with Gasteiger partial charge in [-0.3, -0.25) is 4.79 Å². The molecule has 0 radical (unpaired) electrons. The van der Waals surface area contributed by atoms with Gasteiger partial charge >= 0.3 is 0 Å². The molecule has 0 atom stereocenters. The highest BCUT2D eigenvalue weighted by Crippen LogP contribution is 2.22. The fourth-order valence-corrected chi connectivity index (χ4v) is 3.44. The molecule has 6 nitrogen and oxygen atoms in total. The SMILES string of the molecule is CC(=O)Nc1ccc(S(=O)(=O)NCCOc2cc(C)c(C)cc2C)cc1. The van der Waals surface area contributed by atoms with Crippen LogP contribution in [-0.4, -0.2) is 27.5 Å². The molecule has 0 aliphatic heterocycles. The molecule has 0 aromatic heterocycles. The number of benzene rings is 2. The van der Waals surface area contributed by atoms with Crippen LogP contribution in [0.4, 0.5) is 5.69 Å². The van der Waals surface area contributed by atoms with E-state index < -0.39 is 10.0 Å². The third-order valence-electron chi connectivity index (χ3n) is 3.93. The van der Waals surface area contributed by atoms with E-state index in [2.05, 4.69) is 10.0 Å². The van der Waals surface area contributed by atoms with E-state index in [4.69, 9.17) is 4.74 Å². The van der Waals surface area contributed by atoms with Gasteiger partial charge in [-0.25, -0.2) is 13.1 Å². The number of rotatable bonds is 7. The van der Waals surface area contributed by atoms with Gasteiger partial charge in [0.15, 0.2) is 0 Å². The van der Waals surface area contributed by atoms with Crippen LogP contribution >= 0.6 is 0 Å². The molecule has 0 spiro atoms. The predicted octanol–water partition coefficient (Wildman–Crippen LogP) is 2.93. The standard InChI is InChI=1S/C19H24N2O4S/c1-13-11-15(3)19(12-14(13)2)25-10-9-20-26(23,24)18-7-5-17(6-8-18)21-16(4)22/h5-8,11-12,20H,9-10H2,1-4H3,(H,21,22). The van der Waals surface area contributed by atoms with Crippen molar-refractivity contribution >= 4 is 21.6 Å². The van der Waals surface area contributed by atoms with E-state index in [-0.39, 0.29) is 24.0 Å². The molecular formula is C19H24N2O4S. The Hall–Kier alpha value is -2.38. The van der Waals surface area contributed by atoms with Crippen molar-refractivity contribution < 1.29 is 17.9 Å². The maximum atomic E-state index is 12.3. The van der Waals surface area contributed by atoms with Gasteiger partial charge in [0.05, 0.1) is 4.90 Å². The van der Waals surface area contributed by atoms with Gasteiger partial charge in [-0.05, 0) is 67.8 Å². The number of carbonyl (C=O) groups is 1. The van der Waals surface area contributed by atoms with Crippen LogP contribution < -0.4 is 14.8 Å². The lowest BCUT2D eigenvalue weighted by atomic mass is 10.1. The number of ether oxygens (including phenoxy) is 1. The molecule has 0 heterocycles. The number of sulfonamides is 1. The third-order valence-corrected chi connectivity index (χ3v) is 5.40. The van der Waals surface area contributed by atoms with Gasteiger partial charge in [0.2, 0.25) is 15.9 Å². The summed E-state index contributed by atoms with van der Waals surface area (Å²) in [7, 11) is -3.63. The average molecular weight is 376 g/mol. The molecule has 0 saturated carbocycles. The fourth-order valence-electron chi connectivity index (χ4n) is 2.43. The second-order valence-corrected chi connectivity index (χ2v) is 7.92. The lowest BCUT2D eigenvalue weighted by molar-refractivity contribution is -0.114. The Balaban J connectivity index is 1.92. The topological polar surface area (TPSA) is 84.5 Å². The highest BCUT2D eigenvalue weighted by molar-refractivity contribution is 7.89. The minimum absolute atomic E-state index is 0.133. The summed E-state index contributed by atoms with van der Waals surface area (Å²) in [5.41, 5.74) is 3.89. The Morgan fingerprint density at radius 1 is 1.00 bits per heavy atom. The van der Waals surface area contributed by atoms with E-state index in [1.807, 2.05) is 32.9 Å². The Labute approximate surface area is 154 Å². The minimum atomic E-state index is -3.63. The zero-order valence-electron chi connectivity index (χ0n) is 15.4. The van der Waals surface area contributed by atoms with Gasteiger partial charge in [0, 0.05) is 19.2 Å². The predicted molar refractivity (Wildman–Crippen MR) is 102 cm³/mol. The van der Waals surface area contributed by atoms with Crippen LogP contribution in [0.3, 0.4) is 0 Å². The van der Waals surface area contributed by atoms with Gasteiger partial charge in [0.1, 0.15) is 12.4 Å². The maximum absolute atomic E-state index is 12.3. The first-order valence-corrected chi connectivity index (χ1v) is 9.75. The maximum Gasteiger partial charge on any atom is 0.240 e. The van der Waals surface area contributed by atoms with E-state index in [0.29, 0.717) is 5.69 Å². The lowest BCUT2D eigenvalue weighted by Gasteiger charge is -2.12. The zero-order chi connectivity index (χ0) is 19.3. The molecule has 0 unspecified atom stereocenters. The molecule has 7 heteroatoms. The summed E-state index contributed by atoms with van der Waals surface area (Å²) >= 11 is 0. The van der Waals surface area contributed by atoms with Crippen LogP contribution in [0.25, 0.3) is 0 Å². The van der Waals surface area contributed by atoms with Crippen LogP contribution in [0.2, 0.25) is 0 Å². The van der Waals surface area contributed by atoms with Crippen molar-refractivity contribution in [1.82, 2.24) is 4.72 Å². The Kier molecular flexibility index (Phi) is 6.39. The van der Waals surface area contributed by atoms with Crippen LogP contribution in [0.15, 0.2) is 41.3 Å². The quantitative estimate of drug-likeness (QED) is 0.728. The molecule has 0 aliphatic rings. The highest BCUT2D eigenvalue weighted by Gasteiger charge is 2.13. The Bertz CT molecular complexity index is 891. The van der Waals surface area contributed by atoms with Gasteiger partial charge in [-0.1, -0.05) is 6.07 Å². The number of nitrogens with one attached hydrogen (secondary N) is 2. The smallest absolute Gasteiger partial charge is 0.240 e. The first-order chi connectivity index (χ1) is 12.2. The molecule has 26 heavy (non-hydrogen) atoms. The summed E-state index contributed by atoms with van der Waals surface area (Å²) in [6, 6.07) is 9.99. The summed E-state index contributed by atoms with van der Waals surface area (Å²) < 4.78 is 32.8. The van der Waals surface area contributed by atoms with E-state index in [1.54, 1.807) is 12.1 Å². The summed E-state index contributed by atoms with van der Waals surface area (Å²) in [6.07, 6.45) is 0. The van der Waals surface area contributed by atoms with Crippen molar-refractivity contribution in [3.05, 3.63) is 53.1 Å². The number of hydrogen-bond donors (Lipinski definition) is 2. The van der Waals surface area contributed by atoms with Crippen molar-refractivity contribution in [2.75, 3.05) is 18.5 Å². The van der Waals surface area contributed by atoms with Crippen LogP contribution in [0.5, 0.6) is 5.75 Å². The van der Waals surface area contributed by atoms with Crippen molar-refractivity contribution in [1.29, 1.82) is 0 Å². The molecule has 140 valence electrons. The number of aryl methyl sites for hydroxylation is 3. The summed E-state index contributed by atoms with van der Waals surface area (Å²) in [5, 5.41) is 2.59. The van der Waals surface area contributed by atoms with Crippen molar-refractivity contribution in [2.45, 2.75) is 32.6 Å². The summed E-state index contributed by atoms with van der Waals surface area (Å²) in [6.45, 7) is 7.78. The molecular weight excluding hydrogens is 352 g/mol. The lowest BCUT2D eigenvalue weighted by Crippen LogP contribution is -2.28. The molecule has 2 N–H and O–H groups in total. The minimum Gasteiger partial charge on any atom is -0.492 e. The van der Waals surface area contributed by atoms with Crippen LogP contribution in [0.1, 0.15) is 23.6 Å². The molecule has 0 fully saturated rings. The second-order valence-electron chi connectivity index (χ2n) is 6.15. The summed E-state index contributed by atoms with van der Waals surface area (Å²) in [5.74, 6) is 0.546. The number of carbonyl (C=O) groups excluding carboxylic acids is 1. The van der Waals surface area contributed by atoms with Gasteiger partial charge < -0.3 is 10.1 Å². The van der Waals surface area contributed by atoms with Crippen molar-refractivity contribution in [3.63, 3.8) is 0 Å². The molecule has 0 bridgehead atoms. The van der Waals surface area contributed by atoms with Gasteiger partial charge in [-0.2, -0.15) is 0 Å². The molecule has 0 aliphatic carbocycles. The van der Waals surface area contributed by atoms with Crippen molar-refractivity contribution in [2.24, 2.45) is 0 Å². The number of hydrogen-bond acceptors (Lipinski definition) is 4. The number of anilines is 1. The molecule has 2 aromatic rings.